The van der Waals surface area contributed by atoms with E-state index in [0.29, 0.717) is 27.2 Å². The van der Waals surface area contributed by atoms with E-state index < -0.39 is 11.9 Å². The second-order valence-corrected chi connectivity index (χ2v) is 5.05. The molecule has 5 heteroatoms. The Morgan fingerprint density at radius 2 is 1.95 bits per heavy atom. The number of fused-ring (bicyclic) bond motifs is 1. The molecule has 0 fully saturated rings. The van der Waals surface area contributed by atoms with Gasteiger partial charge in [0.2, 0.25) is 0 Å². The molecular weight excluding hydrogens is 278 g/mol. The fraction of sp³-hybridized carbons (Fsp3) is 0.133. The van der Waals surface area contributed by atoms with Gasteiger partial charge in [-0.05, 0) is 35.4 Å². The molecule has 0 aliphatic heterocycles. The van der Waals surface area contributed by atoms with E-state index in [0.717, 1.165) is 0 Å². The highest BCUT2D eigenvalue weighted by molar-refractivity contribution is 6.30. The molecule has 0 saturated carbocycles. The largest absolute Gasteiger partial charge is 0.419 e. The molecular formula is C15H12ClNO3. The van der Waals surface area contributed by atoms with E-state index in [-0.39, 0.29) is 0 Å². The summed E-state index contributed by atoms with van der Waals surface area (Å²) in [6.07, 6.45) is -0.816. The molecule has 0 amide bonds. The van der Waals surface area contributed by atoms with E-state index in [1.807, 2.05) is 0 Å². The fourth-order valence-electron chi connectivity index (χ4n) is 2.19. The molecule has 1 heterocycles. The van der Waals surface area contributed by atoms with Crippen molar-refractivity contribution in [2.75, 3.05) is 0 Å². The number of rotatable bonds is 2. The molecule has 1 unspecified atom stereocenters. The quantitative estimate of drug-likeness (QED) is 0.789. The minimum Gasteiger partial charge on any atom is -0.408 e. The Morgan fingerprint density at radius 1 is 1.20 bits per heavy atom. The van der Waals surface area contributed by atoms with E-state index in [1.54, 1.807) is 49.5 Å². The van der Waals surface area contributed by atoms with Crippen molar-refractivity contribution in [3.63, 3.8) is 0 Å². The van der Waals surface area contributed by atoms with Crippen molar-refractivity contribution in [2.45, 2.75) is 6.10 Å². The second kappa shape index (κ2) is 4.81. The lowest BCUT2D eigenvalue weighted by molar-refractivity contribution is 0.220. The zero-order chi connectivity index (χ0) is 14.3. The van der Waals surface area contributed by atoms with Gasteiger partial charge in [0.15, 0.2) is 5.58 Å². The van der Waals surface area contributed by atoms with Crippen molar-refractivity contribution in [1.29, 1.82) is 0 Å². The first kappa shape index (κ1) is 13.0. The van der Waals surface area contributed by atoms with Crippen LogP contribution < -0.4 is 5.76 Å². The number of oxazole rings is 1. The Kier molecular flexibility index (Phi) is 3.12. The van der Waals surface area contributed by atoms with Crippen LogP contribution >= 0.6 is 11.6 Å². The monoisotopic (exact) mass is 289 g/mol. The maximum absolute atomic E-state index is 11.5. The van der Waals surface area contributed by atoms with E-state index >= 15 is 0 Å². The van der Waals surface area contributed by atoms with Gasteiger partial charge in [-0.3, -0.25) is 4.57 Å². The molecule has 1 aromatic heterocycles. The number of aliphatic hydroxyl groups is 1. The predicted octanol–water partition coefficient (Wildman–Crippen LogP) is 2.87. The van der Waals surface area contributed by atoms with Crippen molar-refractivity contribution < 1.29 is 9.52 Å². The fourth-order valence-corrected chi connectivity index (χ4v) is 2.39. The zero-order valence-corrected chi connectivity index (χ0v) is 11.5. The summed E-state index contributed by atoms with van der Waals surface area (Å²) in [6.45, 7) is 0. The average molecular weight is 290 g/mol. The van der Waals surface area contributed by atoms with Gasteiger partial charge in [0.25, 0.3) is 0 Å². The molecule has 20 heavy (non-hydrogen) atoms. The van der Waals surface area contributed by atoms with Crippen LogP contribution in [0.3, 0.4) is 0 Å². The molecule has 0 radical (unpaired) electrons. The molecule has 2 aromatic carbocycles. The molecule has 0 bridgehead atoms. The lowest BCUT2D eigenvalue weighted by atomic mass is 10.0. The number of hydrogen-bond acceptors (Lipinski definition) is 3. The van der Waals surface area contributed by atoms with Crippen LogP contribution in [0.4, 0.5) is 0 Å². The van der Waals surface area contributed by atoms with Crippen LogP contribution in [0, 0.1) is 0 Å². The lowest BCUT2D eigenvalue weighted by Gasteiger charge is -2.11. The highest BCUT2D eigenvalue weighted by atomic mass is 35.5. The molecule has 0 aliphatic rings. The zero-order valence-electron chi connectivity index (χ0n) is 10.7. The average Bonchev–Trinajstić information content (AvgIpc) is 2.73. The summed E-state index contributed by atoms with van der Waals surface area (Å²) in [7, 11) is 1.64. The third-order valence-corrected chi connectivity index (χ3v) is 3.53. The van der Waals surface area contributed by atoms with Gasteiger partial charge in [-0.25, -0.2) is 4.79 Å². The minimum absolute atomic E-state index is 0.422. The van der Waals surface area contributed by atoms with E-state index in [1.165, 1.54) is 4.57 Å². The van der Waals surface area contributed by atoms with Crippen LogP contribution in [0.5, 0.6) is 0 Å². The van der Waals surface area contributed by atoms with E-state index in [4.69, 9.17) is 16.0 Å². The smallest absolute Gasteiger partial charge is 0.408 e. The maximum Gasteiger partial charge on any atom is 0.419 e. The number of aryl methyl sites for hydroxylation is 1. The summed E-state index contributed by atoms with van der Waals surface area (Å²) in [5, 5.41) is 10.9. The Labute approximate surface area is 119 Å². The van der Waals surface area contributed by atoms with E-state index in [2.05, 4.69) is 0 Å². The van der Waals surface area contributed by atoms with Gasteiger partial charge in [-0.1, -0.05) is 29.8 Å². The number of aromatic nitrogens is 1. The Balaban J connectivity index is 2.08. The Bertz CT molecular complexity index is 834. The number of halogens is 1. The molecule has 1 N–H and O–H groups in total. The lowest BCUT2D eigenvalue weighted by Crippen LogP contribution is -2.08. The number of nitrogens with zero attached hydrogens (tertiary/aromatic N) is 1. The van der Waals surface area contributed by atoms with Crippen molar-refractivity contribution >= 4 is 22.7 Å². The number of benzene rings is 2. The molecule has 0 spiro atoms. The summed E-state index contributed by atoms with van der Waals surface area (Å²) in [5.41, 5.74) is 2.48. The van der Waals surface area contributed by atoms with Crippen LogP contribution in [-0.2, 0) is 7.05 Å². The molecule has 0 saturated heterocycles. The number of aliphatic hydroxyl groups excluding tert-OH is 1. The predicted molar refractivity (Wildman–Crippen MR) is 77.0 cm³/mol. The first-order valence-electron chi connectivity index (χ1n) is 6.09. The summed E-state index contributed by atoms with van der Waals surface area (Å²) >= 11 is 5.92. The van der Waals surface area contributed by atoms with Crippen LogP contribution in [0.2, 0.25) is 5.02 Å². The van der Waals surface area contributed by atoms with Gasteiger partial charge in [0, 0.05) is 12.1 Å². The second-order valence-electron chi connectivity index (χ2n) is 4.61. The van der Waals surface area contributed by atoms with Crippen LogP contribution in [0.25, 0.3) is 11.1 Å². The third kappa shape index (κ3) is 2.13. The van der Waals surface area contributed by atoms with Crippen molar-refractivity contribution in [3.8, 4) is 0 Å². The highest BCUT2D eigenvalue weighted by Crippen LogP contribution is 2.26. The molecule has 1 atom stereocenters. The third-order valence-electron chi connectivity index (χ3n) is 3.30. The van der Waals surface area contributed by atoms with Crippen LogP contribution in [0.15, 0.2) is 51.7 Å². The van der Waals surface area contributed by atoms with Crippen LogP contribution in [0.1, 0.15) is 17.2 Å². The summed E-state index contributed by atoms with van der Waals surface area (Å²) in [4.78, 5) is 11.5. The van der Waals surface area contributed by atoms with Gasteiger partial charge >= 0.3 is 5.76 Å². The van der Waals surface area contributed by atoms with Gasteiger partial charge in [0.1, 0.15) is 6.10 Å². The molecule has 0 aliphatic carbocycles. The van der Waals surface area contributed by atoms with Crippen molar-refractivity contribution in [1.82, 2.24) is 4.57 Å². The summed E-state index contributed by atoms with van der Waals surface area (Å²) < 4.78 is 6.54. The molecule has 3 rings (SSSR count). The molecule has 3 aromatic rings. The van der Waals surface area contributed by atoms with Crippen molar-refractivity contribution in [2.24, 2.45) is 7.05 Å². The SMILES string of the molecule is Cn1c(=O)oc2cc(C(O)c3cccc(Cl)c3)ccc21. The standard InChI is InChI=1S/C15H12ClNO3/c1-17-12-6-5-10(8-13(12)20-15(17)19)14(18)9-3-2-4-11(16)7-9/h2-8,14,18H,1H3. The normalized spacial score (nSPS) is 12.8. The van der Waals surface area contributed by atoms with Crippen molar-refractivity contribution in [3.05, 3.63) is 69.2 Å². The van der Waals surface area contributed by atoms with Gasteiger partial charge in [-0.15, -0.1) is 0 Å². The first-order valence-corrected chi connectivity index (χ1v) is 6.47. The first-order chi connectivity index (χ1) is 9.56. The molecule has 102 valence electrons. The minimum atomic E-state index is -0.816. The van der Waals surface area contributed by atoms with Gasteiger partial charge < -0.3 is 9.52 Å². The summed E-state index contributed by atoms with van der Waals surface area (Å²) in [6, 6.07) is 12.2. The number of hydrogen-bond donors (Lipinski definition) is 1. The van der Waals surface area contributed by atoms with Gasteiger partial charge in [-0.2, -0.15) is 0 Å². The topological polar surface area (TPSA) is 55.4 Å². The Hall–Kier alpha value is -2.04. The molecule has 4 nitrogen and oxygen atoms in total. The summed E-state index contributed by atoms with van der Waals surface area (Å²) in [5.74, 6) is -0.422. The maximum atomic E-state index is 11.5. The van der Waals surface area contributed by atoms with Gasteiger partial charge in [0.05, 0.1) is 5.52 Å². The Morgan fingerprint density at radius 3 is 2.70 bits per heavy atom. The highest BCUT2D eigenvalue weighted by Gasteiger charge is 2.14. The van der Waals surface area contributed by atoms with E-state index in [9.17, 15) is 9.90 Å². The van der Waals surface area contributed by atoms with Crippen LogP contribution in [-0.4, -0.2) is 9.67 Å².